The van der Waals surface area contributed by atoms with Crippen molar-refractivity contribution in [2.75, 3.05) is 6.54 Å². The Morgan fingerprint density at radius 2 is 1.52 bits per heavy atom. The predicted octanol–water partition coefficient (Wildman–Crippen LogP) is 3.56. The number of fused-ring (bicyclic) bond motifs is 1. The number of carbonyl (C=O) groups is 2. The number of benzene rings is 1. The quantitative estimate of drug-likeness (QED) is 0.490. The van der Waals surface area contributed by atoms with Crippen LogP contribution in [0.15, 0.2) is 30.5 Å². The predicted molar refractivity (Wildman–Crippen MR) is 98.6 cm³/mol. The van der Waals surface area contributed by atoms with Crippen molar-refractivity contribution in [3.8, 4) is 0 Å². The number of H-pyrrole nitrogens is 1. The highest BCUT2D eigenvalue weighted by Gasteiger charge is 2.02. The zero-order valence-electron chi connectivity index (χ0n) is 14.5. The summed E-state index contributed by atoms with van der Waals surface area (Å²) in [6, 6.07) is 8.53. The molecule has 1 aromatic heterocycles. The molecular formula is C19H28N2O4. The zero-order chi connectivity index (χ0) is 18.5. The molecule has 5 N–H and O–H groups in total. The Morgan fingerprint density at radius 1 is 0.920 bits per heavy atom. The van der Waals surface area contributed by atoms with Crippen molar-refractivity contribution in [2.45, 2.75) is 51.4 Å². The van der Waals surface area contributed by atoms with Crippen LogP contribution >= 0.6 is 0 Å². The molecule has 0 atom stereocenters. The third-order valence-electron chi connectivity index (χ3n) is 3.88. The van der Waals surface area contributed by atoms with Gasteiger partial charge in [-0.2, -0.15) is 0 Å². The van der Waals surface area contributed by atoms with Crippen LogP contribution in [0.1, 0.15) is 50.5 Å². The molecule has 6 nitrogen and oxygen atoms in total. The van der Waals surface area contributed by atoms with Crippen LogP contribution in [0.2, 0.25) is 0 Å². The molecule has 0 aliphatic carbocycles. The van der Waals surface area contributed by atoms with Crippen LogP contribution in [0.5, 0.6) is 0 Å². The van der Waals surface area contributed by atoms with Gasteiger partial charge in [-0.15, -0.1) is 0 Å². The topological polar surface area (TPSA) is 116 Å². The van der Waals surface area contributed by atoms with Crippen LogP contribution in [0.25, 0.3) is 10.9 Å². The van der Waals surface area contributed by atoms with Gasteiger partial charge in [0.05, 0.1) is 12.8 Å². The Morgan fingerprint density at radius 3 is 2.16 bits per heavy atom. The van der Waals surface area contributed by atoms with E-state index in [9.17, 15) is 9.59 Å². The summed E-state index contributed by atoms with van der Waals surface area (Å²) in [5.41, 5.74) is 8.19. The van der Waals surface area contributed by atoms with Crippen LogP contribution in [0, 0.1) is 0 Å². The molecule has 0 aliphatic rings. The van der Waals surface area contributed by atoms with Gasteiger partial charge < -0.3 is 20.9 Å². The van der Waals surface area contributed by atoms with E-state index in [0.717, 1.165) is 6.54 Å². The van der Waals surface area contributed by atoms with Gasteiger partial charge in [0.15, 0.2) is 0 Å². The normalized spacial score (nSPS) is 10.3. The summed E-state index contributed by atoms with van der Waals surface area (Å²) in [4.78, 5) is 22.6. The highest BCUT2D eigenvalue weighted by Crippen LogP contribution is 2.19. The van der Waals surface area contributed by atoms with Crippen molar-refractivity contribution in [1.82, 2.24) is 4.98 Å². The maximum atomic E-state index is 9.64. The molecule has 0 aliphatic heterocycles. The molecule has 1 heterocycles. The maximum Gasteiger partial charge on any atom is 0.303 e. The summed E-state index contributed by atoms with van der Waals surface area (Å²) in [6.07, 6.45) is 9.13. The Labute approximate surface area is 148 Å². The standard InChI is InChI=1S/C15H22N2.C4H6O4/c16-11-7-3-1-2-4-8-13-12-17-15-10-6-5-9-14(13)15;5-3(6)1-2-4(7)8/h5-6,9-10,12,17H,1-4,7-8,11,16H2;1-2H2,(H,5,6)(H,7,8). The largest absolute Gasteiger partial charge is 0.481 e. The number of aromatic amines is 1. The van der Waals surface area contributed by atoms with E-state index >= 15 is 0 Å². The number of aliphatic carboxylic acids is 2. The van der Waals surface area contributed by atoms with Crippen LogP contribution in [0.3, 0.4) is 0 Å². The molecule has 0 fully saturated rings. The number of carboxylic acids is 2. The molecule has 0 saturated carbocycles. The first-order chi connectivity index (χ1) is 12.0. The first kappa shape index (κ1) is 20.7. The van der Waals surface area contributed by atoms with Gasteiger partial charge in [-0.25, -0.2) is 0 Å². The Kier molecular flexibility index (Phi) is 10.0. The average Bonchev–Trinajstić information content (AvgIpc) is 3.00. The SMILES string of the molecule is NCCCCCCCc1c[nH]c2ccccc12.O=C(O)CCC(=O)O. The second-order valence-corrected chi connectivity index (χ2v) is 5.95. The van der Waals surface area contributed by atoms with Crippen molar-refractivity contribution < 1.29 is 19.8 Å². The molecule has 1 aromatic carbocycles. The number of nitrogens with one attached hydrogen (secondary N) is 1. The Balaban J connectivity index is 0.000000333. The number of carboxylic acid groups (broad SMARTS) is 2. The summed E-state index contributed by atoms with van der Waals surface area (Å²) < 4.78 is 0. The Bertz CT molecular complexity index is 638. The highest BCUT2D eigenvalue weighted by atomic mass is 16.4. The van der Waals surface area contributed by atoms with Crippen LogP contribution in [-0.4, -0.2) is 33.7 Å². The van der Waals surface area contributed by atoms with E-state index in [4.69, 9.17) is 15.9 Å². The molecule has 0 bridgehead atoms. The molecular weight excluding hydrogens is 320 g/mol. The molecule has 0 spiro atoms. The van der Waals surface area contributed by atoms with E-state index in [0.29, 0.717) is 0 Å². The molecule has 0 saturated heterocycles. The minimum Gasteiger partial charge on any atom is -0.481 e. The number of nitrogens with two attached hydrogens (primary N) is 1. The third-order valence-corrected chi connectivity index (χ3v) is 3.88. The zero-order valence-corrected chi connectivity index (χ0v) is 14.5. The smallest absolute Gasteiger partial charge is 0.303 e. The van der Waals surface area contributed by atoms with Crippen molar-refractivity contribution in [3.63, 3.8) is 0 Å². The van der Waals surface area contributed by atoms with Crippen LogP contribution in [0.4, 0.5) is 0 Å². The lowest BCUT2D eigenvalue weighted by atomic mass is 10.0. The number of hydrogen-bond acceptors (Lipinski definition) is 3. The molecule has 0 amide bonds. The van der Waals surface area contributed by atoms with Gasteiger partial charge in [0.2, 0.25) is 0 Å². The molecule has 25 heavy (non-hydrogen) atoms. The van der Waals surface area contributed by atoms with Crippen molar-refractivity contribution in [2.24, 2.45) is 5.73 Å². The monoisotopic (exact) mass is 348 g/mol. The summed E-state index contributed by atoms with van der Waals surface area (Å²) >= 11 is 0. The molecule has 2 rings (SSSR count). The number of aryl methyl sites for hydroxylation is 1. The molecule has 6 heteroatoms. The van der Waals surface area contributed by atoms with Crippen molar-refractivity contribution in [1.29, 1.82) is 0 Å². The van der Waals surface area contributed by atoms with Gasteiger partial charge in [-0.05, 0) is 37.4 Å². The Hall–Kier alpha value is -2.34. The van der Waals surface area contributed by atoms with E-state index < -0.39 is 11.9 Å². The van der Waals surface area contributed by atoms with Crippen molar-refractivity contribution in [3.05, 3.63) is 36.0 Å². The number of aromatic nitrogens is 1. The van der Waals surface area contributed by atoms with E-state index in [1.165, 1.54) is 55.0 Å². The fraction of sp³-hybridized carbons (Fsp3) is 0.474. The number of hydrogen-bond donors (Lipinski definition) is 4. The summed E-state index contributed by atoms with van der Waals surface area (Å²) in [5, 5.41) is 17.2. The van der Waals surface area contributed by atoms with E-state index in [1.807, 2.05) is 0 Å². The lowest BCUT2D eigenvalue weighted by molar-refractivity contribution is -0.143. The van der Waals surface area contributed by atoms with E-state index in [1.54, 1.807) is 0 Å². The first-order valence-corrected chi connectivity index (χ1v) is 8.73. The molecule has 138 valence electrons. The van der Waals surface area contributed by atoms with Gasteiger partial charge in [0, 0.05) is 17.1 Å². The van der Waals surface area contributed by atoms with Crippen LogP contribution < -0.4 is 5.73 Å². The van der Waals surface area contributed by atoms with Gasteiger partial charge in [-0.3, -0.25) is 9.59 Å². The second-order valence-electron chi connectivity index (χ2n) is 5.95. The van der Waals surface area contributed by atoms with Gasteiger partial charge >= 0.3 is 11.9 Å². The summed E-state index contributed by atoms with van der Waals surface area (Å²) in [7, 11) is 0. The lowest BCUT2D eigenvalue weighted by Crippen LogP contribution is -2.00. The fourth-order valence-electron chi connectivity index (χ4n) is 2.54. The van der Waals surface area contributed by atoms with Gasteiger partial charge in [0.25, 0.3) is 0 Å². The first-order valence-electron chi connectivity index (χ1n) is 8.73. The summed E-state index contributed by atoms with van der Waals surface area (Å²) in [5.74, 6) is -2.15. The minimum absolute atomic E-state index is 0.296. The molecule has 0 radical (unpaired) electrons. The minimum atomic E-state index is -1.08. The number of para-hydroxylation sites is 1. The van der Waals surface area contributed by atoms with Gasteiger partial charge in [0.1, 0.15) is 0 Å². The van der Waals surface area contributed by atoms with Crippen molar-refractivity contribution >= 4 is 22.8 Å². The third kappa shape index (κ3) is 8.91. The fourth-order valence-corrected chi connectivity index (χ4v) is 2.54. The van der Waals surface area contributed by atoms with E-state index in [2.05, 4.69) is 35.4 Å². The molecule has 2 aromatic rings. The number of unbranched alkanes of at least 4 members (excludes halogenated alkanes) is 4. The van der Waals surface area contributed by atoms with Crippen LogP contribution in [-0.2, 0) is 16.0 Å². The molecule has 0 unspecified atom stereocenters. The number of rotatable bonds is 10. The second kappa shape index (κ2) is 12.1. The highest BCUT2D eigenvalue weighted by molar-refractivity contribution is 5.83. The summed E-state index contributed by atoms with van der Waals surface area (Å²) in [6.45, 7) is 0.836. The average molecular weight is 348 g/mol. The van der Waals surface area contributed by atoms with E-state index in [-0.39, 0.29) is 12.8 Å². The van der Waals surface area contributed by atoms with Gasteiger partial charge in [-0.1, -0.05) is 37.5 Å². The lowest BCUT2D eigenvalue weighted by Gasteiger charge is -2.00. The maximum absolute atomic E-state index is 9.64.